The molecule has 1 heterocycles. The van der Waals surface area contributed by atoms with E-state index >= 15 is 0 Å². The normalized spacial score (nSPS) is 10.3. The van der Waals surface area contributed by atoms with Crippen LogP contribution < -0.4 is 4.74 Å². The number of nitrogens with zero attached hydrogens (tertiary/aromatic N) is 1. The lowest BCUT2D eigenvalue weighted by Crippen LogP contribution is -1.93. The molecule has 0 bridgehead atoms. The van der Waals surface area contributed by atoms with Gasteiger partial charge in [0.1, 0.15) is 11.5 Å². The highest BCUT2D eigenvalue weighted by atomic mass is 16.5. The molecule has 0 aliphatic rings. The second-order valence-corrected chi connectivity index (χ2v) is 4.17. The Morgan fingerprint density at radius 2 is 2.06 bits per heavy atom. The minimum Gasteiger partial charge on any atom is -0.508 e. The summed E-state index contributed by atoms with van der Waals surface area (Å²) in [5, 5.41) is 9.82. The standard InChI is InChI=1S/C15H17NO2/c1-18-14-9-8-12(15(17)11-14)5-4-7-13-6-2-3-10-16-13/h2-3,6,8-11,17H,4-5,7H2,1H3. The second-order valence-electron chi connectivity index (χ2n) is 4.17. The molecule has 0 saturated carbocycles. The number of phenolic OH excluding ortho intramolecular Hbond substituents is 1. The van der Waals surface area contributed by atoms with Gasteiger partial charge in [-0.25, -0.2) is 0 Å². The fourth-order valence-corrected chi connectivity index (χ4v) is 1.89. The average Bonchev–Trinajstić information content (AvgIpc) is 2.42. The molecule has 0 aliphatic heterocycles. The summed E-state index contributed by atoms with van der Waals surface area (Å²) in [6.45, 7) is 0. The zero-order chi connectivity index (χ0) is 12.8. The van der Waals surface area contributed by atoms with Crippen molar-refractivity contribution in [3.8, 4) is 11.5 Å². The van der Waals surface area contributed by atoms with E-state index in [1.54, 1.807) is 19.4 Å². The van der Waals surface area contributed by atoms with Crippen LogP contribution in [-0.2, 0) is 12.8 Å². The molecule has 0 amide bonds. The van der Waals surface area contributed by atoms with Crippen molar-refractivity contribution >= 4 is 0 Å². The number of hydrogen-bond acceptors (Lipinski definition) is 3. The van der Waals surface area contributed by atoms with E-state index in [1.165, 1.54) is 0 Å². The summed E-state index contributed by atoms with van der Waals surface area (Å²) >= 11 is 0. The monoisotopic (exact) mass is 243 g/mol. The largest absolute Gasteiger partial charge is 0.508 e. The molecule has 3 heteroatoms. The summed E-state index contributed by atoms with van der Waals surface area (Å²) in [5.41, 5.74) is 2.04. The number of aromatic hydroxyl groups is 1. The van der Waals surface area contributed by atoms with Gasteiger partial charge in [-0.2, -0.15) is 0 Å². The molecule has 0 unspecified atom stereocenters. The molecule has 1 N–H and O–H groups in total. The molecule has 2 rings (SSSR count). The van der Waals surface area contributed by atoms with E-state index in [0.717, 1.165) is 30.5 Å². The minimum absolute atomic E-state index is 0.301. The second kappa shape index (κ2) is 6.05. The van der Waals surface area contributed by atoms with Gasteiger partial charge in [0.2, 0.25) is 0 Å². The van der Waals surface area contributed by atoms with E-state index in [0.29, 0.717) is 11.5 Å². The Morgan fingerprint density at radius 1 is 1.17 bits per heavy atom. The lowest BCUT2D eigenvalue weighted by molar-refractivity contribution is 0.406. The van der Waals surface area contributed by atoms with Gasteiger partial charge in [-0.3, -0.25) is 4.98 Å². The Hall–Kier alpha value is -2.03. The number of ether oxygens (including phenoxy) is 1. The van der Waals surface area contributed by atoms with Crippen molar-refractivity contribution in [3.63, 3.8) is 0 Å². The molecule has 3 nitrogen and oxygen atoms in total. The van der Waals surface area contributed by atoms with Crippen LogP contribution in [-0.4, -0.2) is 17.2 Å². The van der Waals surface area contributed by atoms with Gasteiger partial charge in [0.15, 0.2) is 0 Å². The lowest BCUT2D eigenvalue weighted by Gasteiger charge is -2.06. The summed E-state index contributed by atoms with van der Waals surface area (Å²) in [5.74, 6) is 0.983. The van der Waals surface area contributed by atoms with E-state index in [2.05, 4.69) is 4.98 Å². The summed E-state index contributed by atoms with van der Waals surface area (Å²) in [7, 11) is 1.59. The Bertz CT molecular complexity index is 497. The van der Waals surface area contributed by atoms with E-state index in [1.807, 2.05) is 30.3 Å². The van der Waals surface area contributed by atoms with Crippen LogP contribution in [0.3, 0.4) is 0 Å². The number of pyridine rings is 1. The maximum absolute atomic E-state index is 9.82. The van der Waals surface area contributed by atoms with Gasteiger partial charge in [-0.1, -0.05) is 12.1 Å². The Balaban J connectivity index is 1.91. The molecule has 1 aromatic heterocycles. The van der Waals surface area contributed by atoms with Crippen LogP contribution in [0.2, 0.25) is 0 Å². The van der Waals surface area contributed by atoms with Crippen LogP contribution >= 0.6 is 0 Å². The minimum atomic E-state index is 0.301. The molecule has 0 radical (unpaired) electrons. The van der Waals surface area contributed by atoms with Crippen molar-refractivity contribution < 1.29 is 9.84 Å². The third kappa shape index (κ3) is 3.23. The molecule has 2 aromatic rings. The SMILES string of the molecule is COc1ccc(CCCc2ccccn2)c(O)c1. The van der Waals surface area contributed by atoms with Gasteiger partial charge in [-0.05, 0) is 43.0 Å². The van der Waals surface area contributed by atoms with E-state index in [4.69, 9.17) is 4.74 Å². The molecule has 0 atom stereocenters. The number of rotatable bonds is 5. The first-order valence-electron chi connectivity index (χ1n) is 6.05. The predicted octanol–water partition coefficient (Wildman–Crippen LogP) is 2.97. The van der Waals surface area contributed by atoms with Crippen LogP contribution in [0, 0.1) is 0 Å². The molecule has 94 valence electrons. The van der Waals surface area contributed by atoms with Crippen molar-refractivity contribution in [2.75, 3.05) is 7.11 Å². The number of aryl methyl sites for hydroxylation is 2. The third-order valence-corrected chi connectivity index (χ3v) is 2.90. The number of phenols is 1. The summed E-state index contributed by atoms with van der Waals surface area (Å²) < 4.78 is 5.05. The molecule has 0 aliphatic carbocycles. The van der Waals surface area contributed by atoms with Gasteiger partial charge in [0, 0.05) is 18.0 Å². The summed E-state index contributed by atoms with van der Waals surface area (Å²) in [6.07, 6.45) is 4.54. The van der Waals surface area contributed by atoms with Crippen LogP contribution in [0.4, 0.5) is 0 Å². The summed E-state index contributed by atoms with van der Waals surface area (Å²) in [6, 6.07) is 11.4. The highest BCUT2D eigenvalue weighted by molar-refractivity contribution is 5.39. The molecule has 0 spiro atoms. The Morgan fingerprint density at radius 3 is 2.72 bits per heavy atom. The first kappa shape index (κ1) is 12.4. The molecule has 18 heavy (non-hydrogen) atoms. The number of benzene rings is 1. The average molecular weight is 243 g/mol. The summed E-state index contributed by atoms with van der Waals surface area (Å²) in [4.78, 5) is 4.28. The molecule has 1 aromatic carbocycles. The molecular formula is C15H17NO2. The van der Waals surface area contributed by atoms with E-state index in [-0.39, 0.29) is 0 Å². The topological polar surface area (TPSA) is 42.4 Å². The fourth-order valence-electron chi connectivity index (χ4n) is 1.89. The van der Waals surface area contributed by atoms with Crippen LogP contribution in [0.25, 0.3) is 0 Å². The Kier molecular flexibility index (Phi) is 4.18. The van der Waals surface area contributed by atoms with Crippen molar-refractivity contribution in [3.05, 3.63) is 53.9 Å². The maximum atomic E-state index is 9.82. The van der Waals surface area contributed by atoms with Crippen molar-refractivity contribution in [1.82, 2.24) is 4.98 Å². The van der Waals surface area contributed by atoms with Gasteiger partial charge in [0.05, 0.1) is 7.11 Å². The van der Waals surface area contributed by atoms with Gasteiger partial charge in [0.25, 0.3) is 0 Å². The zero-order valence-corrected chi connectivity index (χ0v) is 10.5. The number of hydrogen-bond donors (Lipinski definition) is 1. The van der Waals surface area contributed by atoms with Gasteiger partial charge in [-0.15, -0.1) is 0 Å². The molecule has 0 saturated heterocycles. The first-order chi connectivity index (χ1) is 8.79. The fraction of sp³-hybridized carbons (Fsp3) is 0.267. The first-order valence-corrected chi connectivity index (χ1v) is 6.05. The molecule has 0 fully saturated rings. The Labute approximate surface area is 107 Å². The lowest BCUT2D eigenvalue weighted by atomic mass is 10.1. The van der Waals surface area contributed by atoms with Gasteiger partial charge >= 0.3 is 0 Å². The van der Waals surface area contributed by atoms with Crippen LogP contribution in [0.5, 0.6) is 11.5 Å². The number of aromatic nitrogens is 1. The maximum Gasteiger partial charge on any atom is 0.122 e. The van der Waals surface area contributed by atoms with Crippen LogP contribution in [0.1, 0.15) is 17.7 Å². The third-order valence-electron chi connectivity index (χ3n) is 2.90. The van der Waals surface area contributed by atoms with Crippen LogP contribution in [0.15, 0.2) is 42.6 Å². The quantitative estimate of drug-likeness (QED) is 0.877. The van der Waals surface area contributed by atoms with Crippen molar-refractivity contribution in [1.29, 1.82) is 0 Å². The number of methoxy groups -OCH3 is 1. The van der Waals surface area contributed by atoms with E-state index < -0.39 is 0 Å². The van der Waals surface area contributed by atoms with Crippen molar-refractivity contribution in [2.45, 2.75) is 19.3 Å². The zero-order valence-electron chi connectivity index (χ0n) is 10.5. The smallest absolute Gasteiger partial charge is 0.122 e. The highest BCUT2D eigenvalue weighted by Crippen LogP contribution is 2.24. The van der Waals surface area contributed by atoms with Gasteiger partial charge < -0.3 is 9.84 Å². The molecular weight excluding hydrogens is 226 g/mol. The van der Waals surface area contributed by atoms with Crippen molar-refractivity contribution in [2.24, 2.45) is 0 Å². The van der Waals surface area contributed by atoms with E-state index in [9.17, 15) is 5.11 Å². The highest BCUT2D eigenvalue weighted by Gasteiger charge is 2.03. The predicted molar refractivity (Wildman–Crippen MR) is 70.9 cm³/mol.